The van der Waals surface area contributed by atoms with Gasteiger partial charge in [-0.3, -0.25) is 10.1 Å². The van der Waals surface area contributed by atoms with E-state index in [4.69, 9.17) is 0 Å². The summed E-state index contributed by atoms with van der Waals surface area (Å²) in [7, 11) is 0. The molecule has 4 rings (SSSR count). The van der Waals surface area contributed by atoms with Crippen LogP contribution in [-0.2, 0) is 6.54 Å². The number of aryl methyl sites for hydroxylation is 2. The van der Waals surface area contributed by atoms with Gasteiger partial charge < -0.3 is 10.2 Å². The first kappa shape index (κ1) is 16.6. The van der Waals surface area contributed by atoms with Crippen LogP contribution < -0.4 is 5.32 Å². The number of pyridine rings is 1. The Morgan fingerprint density at radius 3 is 2.96 bits per heavy atom. The lowest BCUT2D eigenvalue weighted by atomic mass is 10.0. The largest absolute Gasteiger partial charge is 0.334 e. The van der Waals surface area contributed by atoms with E-state index in [0.29, 0.717) is 6.54 Å². The van der Waals surface area contributed by atoms with Crippen LogP contribution in [0.2, 0.25) is 0 Å². The van der Waals surface area contributed by atoms with Gasteiger partial charge in [0.15, 0.2) is 0 Å². The van der Waals surface area contributed by atoms with Crippen molar-refractivity contribution in [3.8, 4) is 0 Å². The van der Waals surface area contributed by atoms with Crippen LogP contribution in [0.3, 0.4) is 0 Å². The molecule has 0 radical (unpaired) electrons. The Bertz CT molecular complexity index is 924. The molecule has 1 aliphatic rings. The molecule has 3 heterocycles. The summed E-state index contributed by atoms with van der Waals surface area (Å²) in [5.74, 6) is 0. The van der Waals surface area contributed by atoms with Crippen molar-refractivity contribution in [2.45, 2.75) is 39.3 Å². The third kappa shape index (κ3) is 2.92. The number of hydrogen-bond acceptors (Lipinski definition) is 3. The molecule has 1 aromatic carbocycles. The number of carbonyl (C=O) groups is 1. The van der Waals surface area contributed by atoms with E-state index in [9.17, 15) is 4.79 Å². The molecule has 0 spiro atoms. The maximum atomic E-state index is 12.9. The number of aromatic nitrogens is 3. The Kier molecular flexibility index (Phi) is 4.32. The molecule has 2 aromatic heterocycles. The molecule has 26 heavy (non-hydrogen) atoms. The van der Waals surface area contributed by atoms with E-state index in [0.717, 1.165) is 52.8 Å². The molecule has 0 saturated carbocycles. The van der Waals surface area contributed by atoms with E-state index < -0.39 is 0 Å². The average Bonchev–Trinajstić information content (AvgIpc) is 3.26. The first-order chi connectivity index (χ1) is 12.6. The Morgan fingerprint density at radius 1 is 1.31 bits per heavy atom. The normalized spacial score (nSPS) is 17.0. The van der Waals surface area contributed by atoms with Gasteiger partial charge in [0.2, 0.25) is 0 Å². The second kappa shape index (κ2) is 6.78. The van der Waals surface area contributed by atoms with Crippen molar-refractivity contribution in [2.24, 2.45) is 0 Å². The summed E-state index contributed by atoms with van der Waals surface area (Å²) in [6.45, 7) is 5.29. The molecule has 6 heteroatoms. The molecule has 0 unspecified atom stereocenters. The van der Waals surface area contributed by atoms with Gasteiger partial charge in [-0.05, 0) is 44.4 Å². The monoisotopic (exact) mass is 349 g/mol. The van der Waals surface area contributed by atoms with Crippen molar-refractivity contribution >= 4 is 16.9 Å². The number of nitrogens with one attached hydrogen (secondary N) is 2. The molecule has 2 N–H and O–H groups in total. The number of rotatable bonds is 3. The number of urea groups is 1. The highest BCUT2D eigenvalue weighted by molar-refractivity contribution is 5.82. The van der Waals surface area contributed by atoms with Gasteiger partial charge in [0.05, 0.1) is 17.3 Å². The molecule has 3 aromatic rings. The number of aromatic amines is 1. The number of H-pyrrole nitrogens is 1. The highest BCUT2D eigenvalue weighted by Crippen LogP contribution is 2.34. The summed E-state index contributed by atoms with van der Waals surface area (Å²) in [6, 6.07) is 10.0. The maximum Gasteiger partial charge on any atom is 0.318 e. The number of para-hydroxylation sites is 1. The number of likely N-dealkylation sites (tertiary alicyclic amines) is 1. The molecule has 6 nitrogen and oxygen atoms in total. The van der Waals surface area contributed by atoms with Crippen molar-refractivity contribution in [1.82, 2.24) is 25.4 Å². The van der Waals surface area contributed by atoms with Crippen LogP contribution in [0.4, 0.5) is 4.79 Å². The topological polar surface area (TPSA) is 73.9 Å². The molecule has 1 atom stereocenters. The number of nitrogens with zero attached hydrogens (tertiary/aromatic N) is 3. The van der Waals surface area contributed by atoms with Gasteiger partial charge in [0.25, 0.3) is 0 Å². The summed E-state index contributed by atoms with van der Waals surface area (Å²) < 4.78 is 0. The third-order valence-electron chi connectivity index (χ3n) is 5.20. The minimum Gasteiger partial charge on any atom is -0.334 e. The molecular weight excluding hydrogens is 326 g/mol. The van der Waals surface area contributed by atoms with Crippen LogP contribution in [0.15, 0.2) is 36.5 Å². The quantitative estimate of drug-likeness (QED) is 0.758. The fourth-order valence-electron chi connectivity index (χ4n) is 3.94. The fourth-order valence-corrected chi connectivity index (χ4v) is 3.94. The maximum absolute atomic E-state index is 12.9. The van der Waals surface area contributed by atoms with Crippen molar-refractivity contribution in [3.05, 3.63) is 59.0 Å². The zero-order chi connectivity index (χ0) is 18.1. The Labute approximate surface area is 152 Å². The summed E-state index contributed by atoms with van der Waals surface area (Å²) >= 11 is 0. The van der Waals surface area contributed by atoms with Crippen LogP contribution in [0.5, 0.6) is 0 Å². The lowest BCUT2D eigenvalue weighted by Gasteiger charge is -2.25. The average molecular weight is 349 g/mol. The van der Waals surface area contributed by atoms with E-state index in [1.165, 1.54) is 0 Å². The first-order valence-electron chi connectivity index (χ1n) is 9.03. The van der Waals surface area contributed by atoms with Crippen LogP contribution in [0, 0.1) is 13.8 Å². The first-order valence-corrected chi connectivity index (χ1v) is 9.03. The van der Waals surface area contributed by atoms with Gasteiger partial charge in [-0.1, -0.05) is 18.2 Å². The molecule has 0 aliphatic carbocycles. The van der Waals surface area contributed by atoms with E-state index >= 15 is 0 Å². The van der Waals surface area contributed by atoms with Gasteiger partial charge >= 0.3 is 6.03 Å². The standard InChI is InChI=1S/C20H23N5O/c1-13-19(14(2)24-23-13)18-8-5-11-25(18)20(26)22-12-15-9-10-21-17-7-4-3-6-16(15)17/h3-4,6-7,9-10,18H,5,8,11-12H2,1-2H3,(H,22,26)(H,23,24)/t18-/m0/s1. The van der Waals surface area contributed by atoms with Crippen molar-refractivity contribution in [1.29, 1.82) is 0 Å². The predicted molar refractivity (Wildman–Crippen MR) is 101 cm³/mol. The zero-order valence-corrected chi connectivity index (χ0v) is 15.1. The van der Waals surface area contributed by atoms with Crippen molar-refractivity contribution in [2.75, 3.05) is 6.54 Å². The summed E-state index contributed by atoms with van der Waals surface area (Å²) in [6.07, 6.45) is 3.79. The van der Waals surface area contributed by atoms with Gasteiger partial charge in [0, 0.05) is 35.9 Å². The molecule has 134 valence electrons. The van der Waals surface area contributed by atoms with Gasteiger partial charge in [0.1, 0.15) is 0 Å². The molecule has 0 bridgehead atoms. The fraction of sp³-hybridized carbons (Fsp3) is 0.350. The van der Waals surface area contributed by atoms with Gasteiger partial charge in [-0.2, -0.15) is 5.10 Å². The van der Waals surface area contributed by atoms with Crippen molar-refractivity contribution in [3.63, 3.8) is 0 Å². The lowest BCUT2D eigenvalue weighted by molar-refractivity contribution is 0.192. The van der Waals surface area contributed by atoms with Crippen LogP contribution in [-0.4, -0.2) is 32.7 Å². The molecule has 1 saturated heterocycles. The Morgan fingerprint density at radius 2 is 2.15 bits per heavy atom. The number of amides is 2. The minimum atomic E-state index is -0.0200. The second-order valence-electron chi connectivity index (χ2n) is 6.85. The summed E-state index contributed by atoms with van der Waals surface area (Å²) in [5, 5.41) is 11.5. The van der Waals surface area contributed by atoms with Crippen LogP contribution in [0.25, 0.3) is 10.9 Å². The van der Waals surface area contributed by atoms with Crippen LogP contribution >= 0.6 is 0 Å². The van der Waals surface area contributed by atoms with Crippen molar-refractivity contribution < 1.29 is 4.79 Å². The molecule has 1 aliphatic heterocycles. The van der Waals surface area contributed by atoms with Crippen LogP contribution in [0.1, 0.15) is 41.4 Å². The van der Waals surface area contributed by atoms with Gasteiger partial charge in [-0.25, -0.2) is 4.79 Å². The summed E-state index contributed by atoms with van der Waals surface area (Å²) in [4.78, 5) is 19.2. The molecule has 1 fully saturated rings. The third-order valence-corrected chi connectivity index (χ3v) is 5.20. The lowest BCUT2D eigenvalue weighted by Crippen LogP contribution is -2.39. The smallest absolute Gasteiger partial charge is 0.318 e. The minimum absolute atomic E-state index is 0.0200. The Balaban J connectivity index is 1.51. The second-order valence-corrected chi connectivity index (χ2v) is 6.85. The van der Waals surface area contributed by atoms with Gasteiger partial charge in [-0.15, -0.1) is 0 Å². The summed E-state index contributed by atoms with van der Waals surface area (Å²) in [5.41, 5.74) is 5.21. The highest BCUT2D eigenvalue weighted by Gasteiger charge is 2.32. The predicted octanol–water partition coefficient (Wildman–Crippen LogP) is 3.62. The highest BCUT2D eigenvalue weighted by atomic mass is 16.2. The molecular formula is C20H23N5O. The number of hydrogen-bond donors (Lipinski definition) is 2. The molecule has 2 amide bonds. The number of fused-ring (bicyclic) bond motifs is 1. The zero-order valence-electron chi connectivity index (χ0n) is 15.1. The Hall–Kier alpha value is -2.89. The number of benzene rings is 1. The number of carbonyl (C=O) groups excluding carboxylic acids is 1. The SMILES string of the molecule is Cc1n[nH]c(C)c1[C@@H]1CCCN1C(=O)NCc1ccnc2ccccc12. The van der Waals surface area contributed by atoms with E-state index in [1.54, 1.807) is 6.20 Å². The van der Waals surface area contributed by atoms with E-state index in [1.807, 2.05) is 49.1 Å². The van der Waals surface area contributed by atoms with E-state index in [-0.39, 0.29) is 12.1 Å². The van der Waals surface area contributed by atoms with E-state index in [2.05, 4.69) is 20.5 Å².